The van der Waals surface area contributed by atoms with E-state index in [1.165, 1.54) is 0 Å². The molecule has 3 aromatic carbocycles. The number of hydrogen-bond donors (Lipinski definition) is 12. The van der Waals surface area contributed by atoms with Gasteiger partial charge in [-0.25, -0.2) is 14.4 Å². The van der Waals surface area contributed by atoms with Crippen LogP contribution in [0.5, 0.6) is 51.7 Å². The van der Waals surface area contributed by atoms with E-state index in [1.54, 1.807) is 0 Å². The maximum absolute atomic E-state index is 13.0. The van der Waals surface area contributed by atoms with Crippen LogP contribution in [0.25, 0.3) is 0 Å². The second-order valence-corrected chi connectivity index (χ2v) is 11.6. The van der Waals surface area contributed by atoms with E-state index >= 15 is 0 Å². The van der Waals surface area contributed by atoms with Crippen molar-refractivity contribution in [2.24, 2.45) is 0 Å². The number of aliphatic hydroxyl groups excluding tert-OH is 2. The minimum Gasteiger partial charge on any atom is -0.504 e. The van der Waals surface area contributed by atoms with Crippen molar-refractivity contribution >= 4 is 28.0 Å². The van der Waals surface area contributed by atoms with E-state index in [1.807, 2.05) is 0 Å². The Bertz CT molecular complexity index is 1870. The van der Waals surface area contributed by atoms with Crippen molar-refractivity contribution in [2.75, 3.05) is 6.61 Å². The standard InChI is InChI=1S/C27H24O21S/c28-11-1-8(2-12(29)18(11)34)24(39)45-7-17-21(37)22(46-25(40)9-3-13(30)19(35)14(31)4-9)23(38)27(47-17,49(42,43)44)48-26(41)10-5-15(32)20(36)16(33)6-10/h1-6,17,21-23,28-38H,7H2,(H,42,43,44)/t17-,21-,22+,23-,27+/m1/s1. The largest absolute Gasteiger partial charge is 0.504 e. The molecular formula is C27H24O21S. The first kappa shape index (κ1) is 35.9. The Morgan fingerprint density at radius 1 is 0.653 bits per heavy atom. The number of ether oxygens (including phenoxy) is 4. The Kier molecular flexibility index (Phi) is 9.47. The molecule has 1 saturated heterocycles. The van der Waals surface area contributed by atoms with Gasteiger partial charge in [0.15, 0.2) is 64.0 Å². The SMILES string of the molecule is O=C(OC[C@H]1O[C@@](OC(=O)c2cc(O)c(O)c(O)c2)(S(=O)(=O)O)[C@H](O)[C@@H](OC(=O)c2cc(O)c(O)c(O)c2)[C@@H]1O)c1cc(O)c(O)c(O)c1. The molecule has 264 valence electrons. The van der Waals surface area contributed by atoms with Crippen LogP contribution >= 0.6 is 0 Å². The van der Waals surface area contributed by atoms with Gasteiger partial charge in [0.25, 0.3) is 0 Å². The van der Waals surface area contributed by atoms with Crippen LogP contribution < -0.4 is 0 Å². The number of carbonyl (C=O) groups excluding carboxylic acids is 3. The zero-order valence-corrected chi connectivity index (χ0v) is 24.7. The van der Waals surface area contributed by atoms with Gasteiger partial charge in [-0.2, -0.15) is 8.42 Å². The molecule has 4 rings (SSSR count). The topological polar surface area (TPSA) is 365 Å². The van der Waals surface area contributed by atoms with Crippen molar-refractivity contribution in [3.63, 3.8) is 0 Å². The summed E-state index contributed by atoms with van der Waals surface area (Å²) in [5.41, 5.74) is -2.39. The first-order chi connectivity index (χ1) is 22.7. The van der Waals surface area contributed by atoms with Gasteiger partial charge >= 0.3 is 33.1 Å². The van der Waals surface area contributed by atoms with Crippen molar-refractivity contribution < 1.29 is 102 Å². The molecule has 1 aliphatic rings. The van der Waals surface area contributed by atoms with Gasteiger partial charge in [0, 0.05) is 0 Å². The average Bonchev–Trinajstić information content (AvgIpc) is 3.02. The summed E-state index contributed by atoms with van der Waals surface area (Å²) in [6.07, 6.45) is -10.6. The molecule has 1 fully saturated rings. The highest BCUT2D eigenvalue weighted by molar-refractivity contribution is 7.87. The lowest BCUT2D eigenvalue weighted by Crippen LogP contribution is -2.70. The van der Waals surface area contributed by atoms with Gasteiger partial charge in [-0.1, -0.05) is 0 Å². The quantitative estimate of drug-likeness (QED) is 0.0571. The van der Waals surface area contributed by atoms with Crippen LogP contribution in [0.2, 0.25) is 0 Å². The van der Waals surface area contributed by atoms with Crippen LogP contribution in [0.4, 0.5) is 0 Å². The van der Waals surface area contributed by atoms with Gasteiger partial charge in [-0.3, -0.25) is 4.55 Å². The van der Waals surface area contributed by atoms with Gasteiger partial charge in [0.1, 0.15) is 18.8 Å². The van der Waals surface area contributed by atoms with Crippen LogP contribution in [0, 0.1) is 0 Å². The fraction of sp³-hybridized carbons (Fsp3) is 0.222. The Morgan fingerprint density at radius 3 is 1.41 bits per heavy atom. The van der Waals surface area contributed by atoms with Crippen LogP contribution in [0.1, 0.15) is 31.1 Å². The molecule has 0 saturated carbocycles. The minimum atomic E-state index is -6.12. The van der Waals surface area contributed by atoms with E-state index in [0.29, 0.717) is 36.4 Å². The highest BCUT2D eigenvalue weighted by atomic mass is 32.2. The zero-order valence-electron chi connectivity index (χ0n) is 23.9. The van der Waals surface area contributed by atoms with E-state index in [-0.39, 0.29) is 0 Å². The Balaban J connectivity index is 1.76. The number of rotatable bonds is 8. The fourth-order valence-corrected chi connectivity index (χ4v) is 5.22. The fourth-order valence-electron chi connectivity index (χ4n) is 4.35. The van der Waals surface area contributed by atoms with Crippen LogP contribution in [-0.4, -0.2) is 123 Å². The molecule has 49 heavy (non-hydrogen) atoms. The zero-order chi connectivity index (χ0) is 36.7. The van der Waals surface area contributed by atoms with Crippen LogP contribution in [0.15, 0.2) is 36.4 Å². The van der Waals surface area contributed by atoms with E-state index in [9.17, 15) is 83.5 Å². The molecular weight excluding hydrogens is 692 g/mol. The third-order valence-electron chi connectivity index (χ3n) is 6.84. The predicted octanol–water partition coefficient (Wildman–Crippen LogP) is -1.06. The van der Waals surface area contributed by atoms with Gasteiger partial charge in [-0.05, 0) is 36.4 Å². The van der Waals surface area contributed by atoms with Crippen LogP contribution in [-0.2, 0) is 29.1 Å². The molecule has 22 heteroatoms. The van der Waals surface area contributed by atoms with E-state index in [2.05, 4.69) is 0 Å². The molecule has 3 aromatic rings. The number of esters is 3. The van der Waals surface area contributed by atoms with Crippen molar-refractivity contribution in [3.05, 3.63) is 53.1 Å². The van der Waals surface area contributed by atoms with Crippen molar-refractivity contribution in [1.82, 2.24) is 0 Å². The predicted molar refractivity (Wildman–Crippen MR) is 150 cm³/mol. The van der Waals surface area contributed by atoms with Crippen molar-refractivity contribution in [1.29, 1.82) is 0 Å². The number of aliphatic hydroxyl groups is 2. The third kappa shape index (κ3) is 6.74. The Morgan fingerprint density at radius 2 is 1.02 bits per heavy atom. The van der Waals surface area contributed by atoms with Gasteiger partial charge in [-0.15, -0.1) is 0 Å². The molecule has 1 heterocycles. The lowest BCUT2D eigenvalue weighted by Gasteiger charge is -2.46. The number of phenols is 9. The molecule has 0 aromatic heterocycles. The summed E-state index contributed by atoms with van der Waals surface area (Å²) in [5, 5.41) is 105. The summed E-state index contributed by atoms with van der Waals surface area (Å²) in [4.78, 5) is 38.6. The third-order valence-corrected chi connectivity index (χ3v) is 7.98. The number of hydrogen-bond acceptors (Lipinski definition) is 20. The molecule has 0 amide bonds. The molecule has 0 radical (unpaired) electrons. The van der Waals surface area contributed by atoms with E-state index in [0.717, 1.165) is 0 Å². The van der Waals surface area contributed by atoms with Gasteiger partial charge < -0.3 is 75.1 Å². The second-order valence-electron chi connectivity index (χ2n) is 10.1. The number of carbonyl (C=O) groups is 3. The molecule has 12 N–H and O–H groups in total. The maximum Gasteiger partial charge on any atom is 0.373 e. The lowest BCUT2D eigenvalue weighted by molar-refractivity contribution is -0.308. The maximum atomic E-state index is 13.0. The van der Waals surface area contributed by atoms with Crippen molar-refractivity contribution in [3.8, 4) is 51.7 Å². The summed E-state index contributed by atoms with van der Waals surface area (Å²) < 4.78 is 55.5. The molecule has 0 spiro atoms. The molecule has 0 bridgehead atoms. The summed E-state index contributed by atoms with van der Waals surface area (Å²) in [6, 6.07) is 3.14. The average molecular weight is 717 g/mol. The smallest absolute Gasteiger partial charge is 0.373 e. The number of benzene rings is 3. The molecule has 0 unspecified atom stereocenters. The Hall–Kier alpha value is -5.94. The van der Waals surface area contributed by atoms with Gasteiger partial charge in [0.05, 0.1) is 16.7 Å². The number of aromatic hydroxyl groups is 9. The second kappa shape index (κ2) is 12.9. The van der Waals surface area contributed by atoms with Gasteiger partial charge in [0.2, 0.25) is 0 Å². The molecule has 5 atom stereocenters. The summed E-state index contributed by atoms with van der Waals surface area (Å²) >= 11 is 0. The normalized spacial score (nSPS) is 22.2. The first-order valence-corrected chi connectivity index (χ1v) is 14.5. The highest BCUT2D eigenvalue weighted by Crippen LogP contribution is 2.41. The molecule has 1 aliphatic heterocycles. The lowest BCUT2D eigenvalue weighted by atomic mass is 9.98. The van der Waals surface area contributed by atoms with Crippen molar-refractivity contribution in [2.45, 2.75) is 29.5 Å². The number of phenolic OH excluding ortho intramolecular Hbond substituents is 9. The summed E-state index contributed by atoms with van der Waals surface area (Å²) in [6.45, 7) is -1.32. The monoisotopic (exact) mass is 716 g/mol. The molecule has 0 aliphatic carbocycles. The van der Waals surface area contributed by atoms with E-state index in [4.69, 9.17) is 18.9 Å². The Labute approximate surface area is 271 Å². The van der Waals surface area contributed by atoms with Crippen LogP contribution in [0.3, 0.4) is 0 Å². The first-order valence-electron chi connectivity index (χ1n) is 13.1. The molecule has 21 nitrogen and oxygen atoms in total. The summed E-state index contributed by atoms with van der Waals surface area (Å²) in [5.74, 6) is -14.7. The summed E-state index contributed by atoms with van der Waals surface area (Å²) in [7, 11) is -6.12. The minimum absolute atomic E-state index is 0.433. The highest BCUT2D eigenvalue weighted by Gasteiger charge is 2.66. The van der Waals surface area contributed by atoms with E-state index < -0.39 is 133 Å².